The molecular formula is C16H22N2O. The van der Waals surface area contributed by atoms with E-state index in [2.05, 4.69) is 35.0 Å². The second-order valence-corrected chi connectivity index (χ2v) is 4.62. The van der Waals surface area contributed by atoms with Gasteiger partial charge in [-0.1, -0.05) is 37.3 Å². The van der Waals surface area contributed by atoms with E-state index in [-0.39, 0.29) is 0 Å². The number of hydrogen-bond donors (Lipinski definition) is 0. The lowest BCUT2D eigenvalue weighted by atomic mass is 10.2. The standard InChI is InChI=1S/C16H22N2O/c1-2-6-16(18-11-13-19-14-12-18)17-10-9-15-7-4-3-5-8-15/h3-5,7-10H,2,6,11-14H2,1H3/b10-9+,17-16?. The first-order chi connectivity index (χ1) is 9.40. The summed E-state index contributed by atoms with van der Waals surface area (Å²) in [6, 6.07) is 10.3. The summed E-state index contributed by atoms with van der Waals surface area (Å²) in [5.74, 6) is 1.18. The zero-order valence-corrected chi connectivity index (χ0v) is 11.6. The van der Waals surface area contributed by atoms with Crippen LogP contribution in [-0.2, 0) is 4.74 Å². The van der Waals surface area contributed by atoms with Gasteiger partial charge in [0.25, 0.3) is 0 Å². The van der Waals surface area contributed by atoms with Crippen molar-refractivity contribution in [1.29, 1.82) is 0 Å². The lowest BCUT2D eigenvalue weighted by molar-refractivity contribution is 0.0672. The molecule has 3 heteroatoms. The zero-order valence-electron chi connectivity index (χ0n) is 11.6. The first-order valence-corrected chi connectivity index (χ1v) is 7.01. The van der Waals surface area contributed by atoms with E-state index in [0.717, 1.165) is 39.1 Å². The molecule has 3 nitrogen and oxygen atoms in total. The van der Waals surface area contributed by atoms with E-state index < -0.39 is 0 Å². The summed E-state index contributed by atoms with van der Waals surface area (Å²) in [4.78, 5) is 6.97. The molecule has 0 aromatic heterocycles. The van der Waals surface area contributed by atoms with E-state index in [9.17, 15) is 0 Å². The number of hydrogen-bond acceptors (Lipinski definition) is 2. The number of nitrogens with zero attached hydrogens (tertiary/aromatic N) is 2. The number of amidine groups is 1. The molecular weight excluding hydrogens is 236 g/mol. The van der Waals surface area contributed by atoms with Crippen LogP contribution in [0.15, 0.2) is 41.5 Å². The van der Waals surface area contributed by atoms with Crippen LogP contribution in [-0.4, -0.2) is 37.0 Å². The Bertz CT molecular complexity index is 420. The maximum Gasteiger partial charge on any atom is 0.104 e. The monoisotopic (exact) mass is 258 g/mol. The minimum Gasteiger partial charge on any atom is -0.378 e. The van der Waals surface area contributed by atoms with Crippen molar-refractivity contribution in [3.63, 3.8) is 0 Å². The van der Waals surface area contributed by atoms with Crippen LogP contribution >= 0.6 is 0 Å². The summed E-state index contributed by atoms with van der Waals surface area (Å²) in [6.07, 6.45) is 6.11. The Morgan fingerprint density at radius 2 is 2.00 bits per heavy atom. The maximum absolute atomic E-state index is 5.39. The molecule has 1 heterocycles. The second kappa shape index (κ2) is 7.74. The minimum atomic E-state index is 0.811. The number of ether oxygens (including phenoxy) is 1. The molecule has 19 heavy (non-hydrogen) atoms. The number of rotatable bonds is 4. The molecule has 0 bridgehead atoms. The fourth-order valence-corrected chi connectivity index (χ4v) is 2.12. The summed E-state index contributed by atoms with van der Waals surface area (Å²) < 4.78 is 5.39. The molecule has 1 aromatic carbocycles. The van der Waals surface area contributed by atoms with Crippen LogP contribution in [0.4, 0.5) is 0 Å². The topological polar surface area (TPSA) is 24.8 Å². The van der Waals surface area contributed by atoms with Crippen molar-refractivity contribution in [2.45, 2.75) is 19.8 Å². The Hall–Kier alpha value is -1.61. The molecule has 1 fully saturated rings. The van der Waals surface area contributed by atoms with E-state index in [0.29, 0.717) is 0 Å². The van der Waals surface area contributed by atoms with Gasteiger partial charge in [-0.05, 0) is 18.1 Å². The van der Waals surface area contributed by atoms with Crippen molar-refractivity contribution in [2.24, 2.45) is 4.99 Å². The van der Waals surface area contributed by atoms with Gasteiger partial charge < -0.3 is 9.64 Å². The third-order valence-corrected chi connectivity index (χ3v) is 3.14. The van der Waals surface area contributed by atoms with E-state index in [4.69, 9.17) is 4.74 Å². The van der Waals surface area contributed by atoms with Crippen LogP contribution in [0.1, 0.15) is 25.3 Å². The molecule has 0 aliphatic carbocycles. The van der Waals surface area contributed by atoms with Gasteiger partial charge in [0.15, 0.2) is 0 Å². The van der Waals surface area contributed by atoms with Gasteiger partial charge in [0, 0.05) is 25.7 Å². The van der Waals surface area contributed by atoms with Gasteiger partial charge >= 0.3 is 0 Å². The molecule has 1 aliphatic rings. The number of morpholine rings is 1. The third kappa shape index (κ3) is 4.52. The average Bonchev–Trinajstić information content (AvgIpc) is 2.48. The molecule has 0 N–H and O–H groups in total. The van der Waals surface area contributed by atoms with E-state index in [1.54, 1.807) is 0 Å². The first kappa shape index (κ1) is 13.8. The van der Waals surface area contributed by atoms with Crippen LogP contribution in [0.5, 0.6) is 0 Å². The SMILES string of the molecule is CCCC(=N/C=C/c1ccccc1)N1CCOCC1. The molecule has 0 unspecified atom stereocenters. The van der Waals surface area contributed by atoms with Crippen LogP contribution in [0.3, 0.4) is 0 Å². The van der Waals surface area contributed by atoms with Crippen LogP contribution in [0.25, 0.3) is 6.08 Å². The van der Waals surface area contributed by atoms with Crippen LogP contribution in [0, 0.1) is 0 Å². The molecule has 0 spiro atoms. The zero-order chi connectivity index (χ0) is 13.3. The highest BCUT2D eigenvalue weighted by molar-refractivity contribution is 5.83. The molecule has 0 saturated carbocycles. The van der Waals surface area contributed by atoms with E-state index >= 15 is 0 Å². The predicted octanol–water partition coefficient (Wildman–Crippen LogP) is 3.19. The highest BCUT2D eigenvalue weighted by Gasteiger charge is 2.13. The van der Waals surface area contributed by atoms with Crippen molar-refractivity contribution < 1.29 is 4.74 Å². The molecule has 0 radical (unpaired) electrons. The Morgan fingerprint density at radius 3 is 2.68 bits per heavy atom. The maximum atomic E-state index is 5.39. The second-order valence-electron chi connectivity index (χ2n) is 4.62. The van der Waals surface area contributed by atoms with Gasteiger partial charge in [0.1, 0.15) is 5.84 Å². The summed E-state index contributed by atoms with van der Waals surface area (Å²) in [5, 5.41) is 0. The Labute approximate surface area is 115 Å². The van der Waals surface area contributed by atoms with Crippen LogP contribution in [0.2, 0.25) is 0 Å². The fraction of sp³-hybridized carbons (Fsp3) is 0.438. The number of benzene rings is 1. The molecule has 2 rings (SSSR count). The van der Waals surface area contributed by atoms with Gasteiger partial charge in [-0.2, -0.15) is 0 Å². The van der Waals surface area contributed by atoms with E-state index in [1.165, 1.54) is 11.4 Å². The molecule has 102 valence electrons. The molecule has 1 aromatic rings. The van der Waals surface area contributed by atoms with Gasteiger partial charge in [-0.15, -0.1) is 0 Å². The summed E-state index contributed by atoms with van der Waals surface area (Å²) >= 11 is 0. The van der Waals surface area contributed by atoms with Crippen molar-refractivity contribution in [2.75, 3.05) is 26.3 Å². The van der Waals surface area contributed by atoms with Gasteiger partial charge in [0.2, 0.25) is 0 Å². The van der Waals surface area contributed by atoms with Gasteiger partial charge in [-0.3, -0.25) is 0 Å². The predicted molar refractivity (Wildman–Crippen MR) is 80.2 cm³/mol. The van der Waals surface area contributed by atoms with Crippen molar-refractivity contribution >= 4 is 11.9 Å². The van der Waals surface area contributed by atoms with Gasteiger partial charge in [0.05, 0.1) is 13.2 Å². The fourth-order valence-electron chi connectivity index (χ4n) is 2.12. The summed E-state index contributed by atoms with van der Waals surface area (Å²) in [6.45, 7) is 5.73. The van der Waals surface area contributed by atoms with Crippen LogP contribution < -0.4 is 0 Å². The molecule has 0 atom stereocenters. The quantitative estimate of drug-likeness (QED) is 0.612. The Balaban J connectivity index is 2.01. The Morgan fingerprint density at radius 1 is 1.26 bits per heavy atom. The van der Waals surface area contributed by atoms with E-state index in [1.807, 2.05) is 24.4 Å². The highest BCUT2D eigenvalue weighted by atomic mass is 16.5. The lowest BCUT2D eigenvalue weighted by Crippen LogP contribution is -2.40. The molecule has 0 amide bonds. The van der Waals surface area contributed by atoms with Gasteiger partial charge in [-0.25, -0.2) is 4.99 Å². The smallest absolute Gasteiger partial charge is 0.104 e. The van der Waals surface area contributed by atoms with Crippen molar-refractivity contribution in [1.82, 2.24) is 4.90 Å². The van der Waals surface area contributed by atoms with Crippen molar-refractivity contribution in [3.05, 3.63) is 42.1 Å². The summed E-state index contributed by atoms with van der Waals surface area (Å²) in [5.41, 5.74) is 1.18. The minimum absolute atomic E-state index is 0.811. The highest BCUT2D eigenvalue weighted by Crippen LogP contribution is 2.06. The van der Waals surface area contributed by atoms with Crippen molar-refractivity contribution in [3.8, 4) is 0 Å². The normalized spacial score (nSPS) is 17.1. The lowest BCUT2D eigenvalue weighted by Gasteiger charge is -2.29. The largest absolute Gasteiger partial charge is 0.378 e. The first-order valence-electron chi connectivity index (χ1n) is 7.01. The average molecular weight is 258 g/mol. The number of aliphatic imine (C=N–C) groups is 1. The Kier molecular flexibility index (Phi) is 5.63. The molecule has 1 aliphatic heterocycles. The third-order valence-electron chi connectivity index (χ3n) is 3.14. The summed E-state index contributed by atoms with van der Waals surface area (Å²) in [7, 11) is 0. The molecule has 1 saturated heterocycles.